The maximum Gasteiger partial charge on any atom is 0.213 e. The van der Waals surface area contributed by atoms with Gasteiger partial charge in [0.25, 0.3) is 0 Å². The van der Waals surface area contributed by atoms with Gasteiger partial charge in [-0.25, -0.2) is 13.1 Å². The number of nitrogens with one attached hydrogen (secondary N) is 2. The molecule has 1 aliphatic carbocycles. The van der Waals surface area contributed by atoms with Gasteiger partial charge in [-0.05, 0) is 39.2 Å². The van der Waals surface area contributed by atoms with Crippen LogP contribution >= 0.6 is 0 Å². The van der Waals surface area contributed by atoms with Gasteiger partial charge in [0.1, 0.15) is 0 Å². The molecule has 0 aromatic carbocycles. The van der Waals surface area contributed by atoms with Crippen molar-refractivity contribution >= 4 is 10.0 Å². The van der Waals surface area contributed by atoms with Crippen LogP contribution in [0.3, 0.4) is 0 Å². The Morgan fingerprint density at radius 3 is 2.50 bits per heavy atom. The Kier molecular flexibility index (Phi) is 4.67. The minimum Gasteiger partial charge on any atom is -0.313 e. The molecule has 106 valence electrons. The van der Waals surface area contributed by atoms with E-state index < -0.39 is 10.0 Å². The SMILES string of the molecule is CC1(NS(=O)(=O)CC2CCCCN2)CCCCC1. The maximum absolute atomic E-state index is 12.2. The summed E-state index contributed by atoms with van der Waals surface area (Å²) in [5.74, 6) is 0.239. The topological polar surface area (TPSA) is 58.2 Å². The lowest BCUT2D eigenvalue weighted by Gasteiger charge is -2.35. The lowest BCUT2D eigenvalue weighted by atomic mass is 9.84. The summed E-state index contributed by atoms with van der Waals surface area (Å²) in [6.07, 6.45) is 8.77. The number of hydrogen-bond donors (Lipinski definition) is 2. The molecule has 1 aliphatic heterocycles. The highest BCUT2D eigenvalue weighted by molar-refractivity contribution is 7.89. The molecule has 4 nitrogen and oxygen atoms in total. The van der Waals surface area contributed by atoms with Crippen LogP contribution in [0.4, 0.5) is 0 Å². The van der Waals surface area contributed by atoms with Crippen LogP contribution in [0, 0.1) is 0 Å². The maximum atomic E-state index is 12.2. The van der Waals surface area contributed by atoms with Crippen molar-refractivity contribution in [3.63, 3.8) is 0 Å². The highest BCUT2D eigenvalue weighted by atomic mass is 32.2. The molecule has 1 unspecified atom stereocenters. The van der Waals surface area contributed by atoms with Gasteiger partial charge in [-0.1, -0.05) is 25.7 Å². The Morgan fingerprint density at radius 1 is 1.17 bits per heavy atom. The Hall–Kier alpha value is -0.130. The van der Waals surface area contributed by atoms with Gasteiger partial charge in [0, 0.05) is 11.6 Å². The van der Waals surface area contributed by atoms with Gasteiger partial charge in [0.15, 0.2) is 0 Å². The van der Waals surface area contributed by atoms with Gasteiger partial charge in [0.05, 0.1) is 5.75 Å². The van der Waals surface area contributed by atoms with Crippen molar-refractivity contribution < 1.29 is 8.42 Å². The Morgan fingerprint density at radius 2 is 1.89 bits per heavy atom. The van der Waals surface area contributed by atoms with Gasteiger partial charge in [0.2, 0.25) is 10.0 Å². The average Bonchev–Trinajstić information content (AvgIpc) is 2.29. The molecule has 18 heavy (non-hydrogen) atoms. The Balaban J connectivity index is 1.89. The van der Waals surface area contributed by atoms with Crippen molar-refractivity contribution in [1.29, 1.82) is 0 Å². The summed E-state index contributed by atoms with van der Waals surface area (Å²) in [5, 5.41) is 3.31. The molecule has 2 rings (SSSR count). The van der Waals surface area contributed by atoms with Crippen LogP contribution in [-0.4, -0.2) is 32.3 Å². The molecule has 1 saturated carbocycles. The fraction of sp³-hybridized carbons (Fsp3) is 1.00. The van der Waals surface area contributed by atoms with Crippen molar-refractivity contribution in [3.05, 3.63) is 0 Å². The number of rotatable bonds is 4. The minimum absolute atomic E-state index is 0.142. The number of sulfonamides is 1. The molecular formula is C13H26N2O2S. The van der Waals surface area contributed by atoms with Crippen LogP contribution in [0.1, 0.15) is 58.3 Å². The van der Waals surface area contributed by atoms with E-state index in [1.807, 2.05) is 0 Å². The average molecular weight is 274 g/mol. The van der Waals surface area contributed by atoms with Crippen LogP contribution in [0.2, 0.25) is 0 Å². The van der Waals surface area contributed by atoms with E-state index in [2.05, 4.69) is 17.0 Å². The molecule has 0 radical (unpaired) electrons. The third-order valence-corrected chi connectivity index (χ3v) is 5.84. The molecule has 1 saturated heterocycles. The minimum atomic E-state index is -3.15. The monoisotopic (exact) mass is 274 g/mol. The lowest BCUT2D eigenvalue weighted by Crippen LogP contribution is -2.51. The van der Waals surface area contributed by atoms with E-state index in [9.17, 15) is 8.42 Å². The zero-order valence-electron chi connectivity index (χ0n) is 11.4. The molecule has 0 spiro atoms. The van der Waals surface area contributed by atoms with Crippen LogP contribution < -0.4 is 10.0 Å². The van der Waals surface area contributed by atoms with Gasteiger partial charge in [-0.2, -0.15) is 0 Å². The lowest BCUT2D eigenvalue weighted by molar-refractivity contribution is 0.293. The second kappa shape index (κ2) is 5.88. The highest BCUT2D eigenvalue weighted by Crippen LogP contribution is 2.28. The van der Waals surface area contributed by atoms with E-state index in [1.54, 1.807) is 0 Å². The third-order valence-electron chi connectivity index (χ3n) is 4.19. The predicted octanol–water partition coefficient (Wildman–Crippen LogP) is 1.77. The quantitative estimate of drug-likeness (QED) is 0.821. The number of piperidine rings is 1. The molecule has 1 heterocycles. The zero-order valence-corrected chi connectivity index (χ0v) is 12.2. The van der Waals surface area contributed by atoms with Crippen molar-refractivity contribution in [2.75, 3.05) is 12.3 Å². The first-order chi connectivity index (χ1) is 8.49. The van der Waals surface area contributed by atoms with Crippen LogP contribution in [0.25, 0.3) is 0 Å². The first-order valence-electron chi connectivity index (χ1n) is 7.24. The summed E-state index contributed by atoms with van der Waals surface area (Å²) < 4.78 is 27.4. The van der Waals surface area contributed by atoms with Gasteiger partial charge < -0.3 is 5.32 Å². The van der Waals surface area contributed by atoms with Gasteiger partial charge in [-0.3, -0.25) is 0 Å². The molecule has 0 aromatic heterocycles. The van der Waals surface area contributed by atoms with E-state index in [0.717, 1.165) is 45.1 Å². The van der Waals surface area contributed by atoms with Crippen LogP contribution in [0.15, 0.2) is 0 Å². The molecule has 0 amide bonds. The van der Waals surface area contributed by atoms with E-state index in [4.69, 9.17) is 0 Å². The second-order valence-electron chi connectivity index (χ2n) is 6.15. The smallest absolute Gasteiger partial charge is 0.213 e. The van der Waals surface area contributed by atoms with E-state index in [1.165, 1.54) is 12.8 Å². The van der Waals surface area contributed by atoms with E-state index >= 15 is 0 Å². The summed E-state index contributed by atoms with van der Waals surface area (Å²) in [6.45, 7) is 3.01. The third kappa shape index (κ3) is 4.21. The fourth-order valence-corrected chi connectivity index (χ4v) is 5.03. The number of hydrogen-bond acceptors (Lipinski definition) is 3. The normalized spacial score (nSPS) is 29.1. The molecule has 0 aromatic rings. The van der Waals surface area contributed by atoms with E-state index in [-0.39, 0.29) is 17.3 Å². The van der Waals surface area contributed by atoms with Crippen molar-refractivity contribution in [2.45, 2.75) is 69.9 Å². The standard InChI is InChI=1S/C13H26N2O2S/c1-13(8-4-2-5-9-13)15-18(16,17)11-12-7-3-6-10-14-12/h12,14-15H,2-11H2,1H3. The molecular weight excluding hydrogens is 248 g/mol. The molecule has 2 N–H and O–H groups in total. The first kappa shape index (κ1) is 14.3. The van der Waals surface area contributed by atoms with Crippen molar-refractivity contribution in [1.82, 2.24) is 10.0 Å². The summed E-state index contributed by atoms with van der Waals surface area (Å²) in [6, 6.07) is 0.142. The molecule has 2 aliphatic rings. The fourth-order valence-electron chi connectivity index (χ4n) is 3.18. The second-order valence-corrected chi connectivity index (χ2v) is 7.92. The zero-order chi connectivity index (χ0) is 13.1. The predicted molar refractivity (Wildman–Crippen MR) is 74.1 cm³/mol. The van der Waals surface area contributed by atoms with Gasteiger partial charge >= 0.3 is 0 Å². The molecule has 2 fully saturated rings. The van der Waals surface area contributed by atoms with Crippen LogP contribution in [0.5, 0.6) is 0 Å². The van der Waals surface area contributed by atoms with E-state index in [0.29, 0.717) is 0 Å². The summed E-state index contributed by atoms with van der Waals surface area (Å²) in [7, 11) is -3.15. The van der Waals surface area contributed by atoms with Crippen molar-refractivity contribution in [2.24, 2.45) is 0 Å². The Labute approximate surface area is 111 Å². The molecule has 5 heteroatoms. The summed E-state index contributed by atoms with van der Waals surface area (Å²) in [5.41, 5.74) is -0.203. The summed E-state index contributed by atoms with van der Waals surface area (Å²) >= 11 is 0. The molecule has 1 atom stereocenters. The summed E-state index contributed by atoms with van der Waals surface area (Å²) in [4.78, 5) is 0. The Bertz CT molecular complexity index is 355. The first-order valence-corrected chi connectivity index (χ1v) is 8.89. The van der Waals surface area contributed by atoms with Crippen LogP contribution in [-0.2, 0) is 10.0 Å². The van der Waals surface area contributed by atoms with Crippen molar-refractivity contribution in [3.8, 4) is 0 Å². The van der Waals surface area contributed by atoms with Gasteiger partial charge in [-0.15, -0.1) is 0 Å². The highest BCUT2D eigenvalue weighted by Gasteiger charge is 2.32. The largest absolute Gasteiger partial charge is 0.313 e. The molecule has 0 bridgehead atoms.